The molecule has 0 aliphatic heterocycles. The fourth-order valence-corrected chi connectivity index (χ4v) is 2.37. The van der Waals surface area contributed by atoms with Crippen LogP contribution >= 0.6 is 0 Å². The molecule has 0 atom stereocenters. The second kappa shape index (κ2) is 4.14. The van der Waals surface area contributed by atoms with Gasteiger partial charge in [-0.2, -0.15) is 0 Å². The van der Waals surface area contributed by atoms with E-state index in [9.17, 15) is 0 Å². The third-order valence-electron chi connectivity index (χ3n) is 3.56. The smallest absolute Gasteiger partial charge is 0.145 e. The Bertz CT molecular complexity index is 409. The predicted octanol–water partition coefficient (Wildman–Crippen LogP) is 1.85. The first kappa shape index (κ1) is 10.8. The van der Waals surface area contributed by atoms with E-state index in [0.717, 1.165) is 17.6 Å². The molecule has 2 aliphatic rings. The van der Waals surface area contributed by atoms with Gasteiger partial charge in [0.25, 0.3) is 0 Å². The number of nitrogens with one attached hydrogen (secondary N) is 2. The Kier molecular flexibility index (Phi) is 2.63. The third-order valence-corrected chi connectivity index (χ3v) is 3.56. The van der Waals surface area contributed by atoms with Crippen molar-refractivity contribution in [1.29, 1.82) is 0 Å². The first-order valence-electron chi connectivity index (χ1n) is 6.36. The van der Waals surface area contributed by atoms with Crippen LogP contribution < -0.4 is 16.6 Å². The topological polar surface area (TPSA) is 75.9 Å². The Hall–Kier alpha value is -1.36. The number of hydrazine groups is 1. The molecule has 0 aromatic carbocycles. The molecule has 3 rings (SSSR count). The van der Waals surface area contributed by atoms with Crippen molar-refractivity contribution in [2.24, 2.45) is 11.8 Å². The minimum Gasteiger partial charge on any atom is -0.367 e. The number of anilines is 2. The van der Waals surface area contributed by atoms with Crippen LogP contribution in [0.2, 0.25) is 0 Å². The highest BCUT2D eigenvalue weighted by Crippen LogP contribution is 2.39. The monoisotopic (exact) mass is 233 g/mol. The Balaban J connectivity index is 1.75. The van der Waals surface area contributed by atoms with Gasteiger partial charge in [-0.3, -0.25) is 0 Å². The first-order valence-corrected chi connectivity index (χ1v) is 6.36. The van der Waals surface area contributed by atoms with E-state index in [2.05, 4.69) is 27.6 Å². The molecule has 2 aliphatic carbocycles. The summed E-state index contributed by atoms with van der Waals surface area (Å²) in [5, 5.41) is 3.46. The molecule has 1 aromatic heterocycles. The molecule has 0 bridgehead atoms. The molecular formula is C12H19N5. The summed E-state index contributed by atoms with van der Waals surface area (Å²) in [4.78, 5) is 8.97. The molecule has 0 unspecified atom stereocenters. The lowest BCUT2D eigenvalue weighted by molar-refractivity contribution is 0.308. The number of rotatable bonds is 4. The second-order valence-corrected chi connectivity index (χ2v) is 5.33. The van der Waals surface area contributed by atoms with Crippen molar-refractivity contribution < 1.29 is 0 Å². The maximum Gasteiger partial charge on any atom is 0.145 e. The second-order valence-electron chi connectivity index (χ2n) is 5.33. The van der Waals surface area contributed by atoms with Crippen molar-refractivity contribution in [3.63, 3.8) is 0 Å². The van der Waals surface area contributed by atoms with Gasteiger partial charge in [-0.05, 0) is 31.6 Å². The van der Waals surface area contributed by atoms with Crippen molar-refractivity contribution in [3.8, 4) is 0 Å². The van der Waals surface area contributed by atoms with E-state index in [1.807, 2.05) is 6.07 Å². The predicted molar refractivity (Wildman–Crippen MR) is 67.6 cm³/mol. The molecule has 4 N–H and O–H groups in total. The van der Waals surface area contributed by atoms with Gasteiger partial charge >= 0.3 is 0 Å². The molecule has 92 valence electrons. The normalized spacial score (nSPS) is 27.4. The summed E-state index contributed by atoms with van der Waals surface area (Å²) in [6.07, 6.45) is 4.87. The van der Waals surface area contributed by atoms with E-state index in [1.54, 1.807) is 0 Å². The van der Waals surface area contributed by atoms with Gasteiger partial charge in [-0.25, -0.2) is 15.8 Å². The summed E-state index contributed by atoms with van der Waals surface area (Å²) >= 11 is 0. The fourth-order valence-electron chi connectivity index (χ4n) is 2.37. The largest absolute Gasteiger partial charge is 0.367 e. The van der Waals surface area contributed by atoms with Crippen molar-refractivity contribution in [3.05, 3.63) is 11.9 Å². The molecule has 2 fully saturated rings. The molecule has 0 spiro atoms. The van der Waals surface area contributed by atoms with Gasteiger partial charge in [0.05, 0.1) is 0 Å². The average Bonchev–Trinajstić information content (AvgIpc) is 3.10. The molecule has 2 saturated carbocycles. The van der Waals surface area contributed by atoms with Crippen LogP contribution in [0.15, 0.2) is 6.07 Å². The molecule has 1 heterocycles. The van der Waals surface area contributed by atoms with Crippen LogP contribution in [0.1, 0.15) is 44.3 Å². The van der Waals surface area contributed by atoms with Crippen molar-refractivity contribution >= 4 is 11.6 Å². The van der Waals surface area contributed by atoms with Crippen LogP contribution in [0.5, 0.6) is 0 Å². The van der Waals surface area contributed by atoms with Gasteiger partial charge in [0.2, 0.25) is 0 Å². The van der Waals surface area contributed by atoms with E-state index >= 15 is 0 Å². The van der Waals surface area contributed by atoms with Crippen LogP contribution in [0.4, 0.5) is 11.6 Å². The number of hydrogen-bond donors (Lipinski definition) is 3. The van der Waals surface area contributed by atoms with E-state index < -0.39 is 0 Å². The standard InChI is InChI=1S/C12H19N5/c1-7-4-9(5-7)14-10-6-11(17-13)16-12(15-10)8-2-3-8/h6-9H,2-5,13H2,1H3,(H2,14,15,16,17). The number of nitrogen functional groups attached to an aromatic ring is 1. The van der Waals surface area contributed by atoms with E-state index in [0.29, 0.717) is 17.8 Å². The minimum absolute atomic E-state index is 0.546. The van der Waals surface area contributed by atoms with Crippen LogP contribution in [0.3, 0.4) is 0 Å². The SMILES string of the molecule is CC1CC(Nc2cc(NN)nc(C3CC3)n2)C1. The Morgan fingerprint density at radius 2 is 1.94 bits per heavy atom. The Morgan fingerprint density at radius 1 is 1.24 bits per heavy atom. The van der Waals surface area contributed by atoms with E-state index in [1.165, 1.54) is 25.7 Å². The van der Waals surface area contributed by atoms with Gasteiger partial charge in [0.15, 0.2) is 0 Å². The zero-order chi connectivity index (χ0) is 11.8. The lowest BCUT2D eigenvalue weighted by atomic mass is 9.82. The zero-order valence-electron chi connectivity index (χ0n) is 10.1. The Labute approximate surface area is 101 Å². The van der Waals surface area contributed by atoms with Crippen LogP contribution in [-0.2, 0) is 0 Å². The summed E-state index contributed by atoms with van der Waals surface area (Å²) < 4.78 is 0. The fraction of sp³-hybridized carbons (Fsp3) is 0.667. The molecule has 0 radical (unpaired) electrons. The summed E-state index contributed by atoms with van der Waals surface area (Å²) in [5.41, 5.74) is 2.62. The lowest BCUT2D eigenvalue weighted by Crippen LogP contribution is -2.34. The van der Waals surface area contributed by atoms with Gasteiger partial charge < -0.3 is 10.7 Å². The van der Waals surface area contributed by atoms with Crippen molar-refractivity contribution in [2.75, 3.05) is 10.7 Å². The molecule has 5 nitrogen and oxygen atoms in total. The highest BCUT2D eigenvalue weighted by molar-refractivity contribution is 5.48. The van der Waals surface area contributed by atoms with Gasteiger partial charge in [-0.15, -0.1) is 0 Å². The Morgan fingerprint density at radius 3 is 2.53 bits per heavy atom. The highest BCUT2D eigenvalue weighted by Gasteiger charge is 2.29. The van der Waals surface area contributed by atoms with Crippen LogP contribution in [0, 0.1) is 5.92 Å². The number of nitrogens with two attached hydrogens (primary N) is 1. The molecule has 5 heteroatoms. The van der Waals surface area contributed by atoms with Crippen LogP contribution in [-0.4, -0.2) is 16.0 Å². The van der Waals surface area contributed by atoms with E-state index in [-0.39, 0.29) is 0 Å². The third kappa shape index (κ3) is 2.34. The molecule has 0 amide bonds. The maximum atomic E-state index is 5.44. The average molecular weight is 233 g/mol. The van der Waals surface area contributed by atoms with Crippen molar-refractivity contribution in [2.45, 2.75) is 44.6 Å². The quantitative estimate of drug-likeness (QED) is 0.546. The number of nitrogens with zero attached hydrogens (tertiary/aromatic N) is 2. The first-order chi connectivity index (χ1) is 8.24. The van der Waals surface area contributed by atoms with Gasteiger partial charge in [0, 0.05) is 18.0 Å². The highest BCUT2D eigenvalue weighted by atomic mass is 15.3. The number of aromatic nitrogens is 2. The molecule has 0 saturated heterocycles. The zero-order valence-corrected chi connectivity index (χ0v) is 10.1. The minimum atomic E-state index is 0.546. The molecule has 1 aromatic rings. The molecule has 17 heavy (non-hydrogen) atoms. The summed E-state index contributed by atoms with van der Waals surface area (Å²) in [5.74, 6) is 9.36. The number of hydrogen-bond acceptors (Lipinski definition) is 5. The summed E-state index contributed by atoms with van der Waals surface area (Å²) in [6.45, 7) is 2.28. The van der Waals surface area contributed by atoms with Crippen LogP contribution in [0.25, 0.3) is 0 Å². The van der Waals surface area contributed by atoms with Gasteiger partial charge in [-0.1, -0.05) is 6.92 Å². The van der Waals surface area contributed by atoms with E-state index in [4.69, 9.17) is 5.84 Å². The van der Waals surface area contributed by atoms with Gasteiger partial charge in [0.1, 0.15) is 17.5 Å². The summed E-state index contributed by atoms with van der Waals surface area (Å²) in [7, 11) is 0. The lowest BCUT2D eigenvalue weighted by Gasteiger charge is -2.33. The van der Waals surface area contributed by atoms with Crippen molar-refractivity contribution in [1.82, 2.24) is 9.97 Å². The maximum absolute atomic E-state index is 5.44. The summed E-state index contributed by atoms with van der Waals surface area (Å²) in [6, 6.07) is 2.45. The molecular weight excluding hydrogens is 214 g/mol.